The number of piperidine rings is 1. The van der Waals surface area contributed by atoms with Gasteiger partial charge in [0.05, 0.1) is 6.04 Å². The maximum atomic E-state index is 11.7. The highest BCUT2D eigenvalue weighted by Gasteiger charge is 2.35. The van der Waals surface area contributed by atoms with E-state index in [0.717, 1.165) is 35.8 Å². The Morgan fingerprint density at radius 1 is 1.27 bits per heavy atom. The number of carboxylic acid groups (broad SMARTS) is 1. The molecular formula is C17H18BrNO2S. The Labute approximate surface area is 142 Å². The molecule has 2 aromatic rings. The highest BCUT2D eigenvalue weighted by atomic mass is 79.9. The van der Waals surface area contributed by atoms with Gasteiger partial charge in [-0.1, -0.05) is 40.5 Å². The molecule has 2 atom stereocenters. The molecule has 0 bridgehead atoms. The number of hydrogen-bond donors (Lipinski definition) is 1. The van der Waals surface area contributed by atoms with E-state index in [2.05, 4.69) is 44.4 Å². The first-order valence-corrected chi connectivity index (χ1v) is 9.11. The van der Waals surface area contributed by atoms with Gasteiger partial charge in [0, 0.05) is 9.35 Å². The van der Waals surface area contributed by atoms with Crippen molar-refractivity contribution >= 4 is 33.2 Å². The van der Waals surface area contributed by atoms with Crippen molar-refractivity contribution in [2.75, 3.05) is 6.54 Å². The largest absolute Gasteiger partial charge is 0.480 e. The van der Waals surface area contributed by atoms with Crippen LogP contribution in [0, 0.1) is 0 Å². The Morgan fingerprint density at radius 2 is 2.05 bits per heavy atom. The van der Waals surface area contributed by atoms with Crippen LogP contribution < -0.4 is 0 Å². The van der Waals surface area contributed by atoms with Gasteiger partial charge < -0.3 is 5.11 Å². The quantitative estimate of drug-likeness (QED) is 0.847. The summed E-state index contributed by atoms with van der Waals surface area (Å²) in [5.41, 5.74) is 1.15. The van der Waals surface area contributed by atoms with Gasteiger partial charge >= 0.3 is 5.97 Å². The lowest BCUT2D eigenvalue weighted by Gasteiger charge is -2.39. The molecule has 0 amide bonds. The minimum Gasteiger partial charge on any atom is -0.480 e. The van der Waals surface area contributed by atoms with Crippen molar-refractivity contribution in [3.8, 4) is 0 Å². The lowest BCUT2D eigenvalue weighted by atomic mass is 9.95. The molecule has 1 aromatic carbocycles. The zero-order valence-corrected chi connectivity index (χ0v) is 14.5. The SMILES string of the molecule is O=C(O)C1CCCCN1C(c1ccc(Br)cc1)c1cccs1. The van der Waals surface area contributed by atoms with Gasteiger partial charge in [0.1, 0.15) is 6.04 Å². The Balaban J connectivity index is 2.01. The second-order valence-electron chi connectivity index (χ2n) is 5.56. The molecule has 0 aliphatic carbocycles. The van der Waals surface area contributed by atoms with Crippen molar-refractivity contribution in [3.05, 3.63) is 56.7 Å². The van der Waals surface area contributed by atoms with E-state index in [9.17, 15) is 9.90 Å². The molecule has 0 spiro atoms. The van der Waals surface area contributed by atoms with Crippen LogP contribution in [0.5, 0.6) is 0 Å². The monoisotopic (exact) mass is 379 g/mol. The molecule has 1 aromatic heterocycles. The van der Waals surface area contributed by atoms with Gasteiger partial charge in [0.15, 0.2) is 0 Å². The summed E-state index contributed by atoms with van der Waals surface area (Å²) in [5, 5.41) is 11.7. The fourth-order valence-electron chi connectivity index (χ4n) is 3.14. The molecule has 1 fully saturated rings. The van der Waals surface area contributed by atoms with Gasteiger partial charge in [0.25, 0.3) is 0 Å². The molecule has 2 unspecified atom stereocenters. The number of benzene rings is 1. The topological polar surface area (TPSA) is 40.5 Å². The number of likely N-dealkylation sites (tertiary alicyclic amines) is 1. The summed E-state index contributed by atoms with van der Waals surface area (Å²) in [4.78, 5) is 15.0. The van der Waals surface area contributed by atoms with Crippen molar-refractivity contribution in [1.82, 2.24) is 4.90 Å². The van der Waals surface area contributed by atoms with Gasteiger partial charge in [-0.15, -0.1) is 11.3 Å². The summed E-state index contributed by atoms with van der Waals surface area (Å²) in [6, 6.07) is 12.0. The van der Waals surface area contributed by atoms with E-state index in [1.807, 2.05) is 18.2 Å². The van der Waals surface area contributed by atoms with Crippen molar-refractivity contribution in [2.45, 2.75) is 31.3 Å². The van der Waals surface area contributed by atoms with Crippen molar-refractivity contribution < 1.29 is 9.90 Å². The van der Waals surface area contributed by atoms with Crippen molar-refractivity contribution in [3.63, 3.8) is 0 Å². The van der Waals surface area contributed by atoms with E-state index in [4.69, 9.17) is 0 Å². The molecular weight excluding hydrogens is 362 g/mol. The summed E-state index contributed by atoms with van der Waals surface area (Å²) in [7, 11) is 0. The van der Waals surface area contributed by atoms with Gasteiger partial charge in [0.2, 0.25) is 0 Å². The minimum absolute atomic E-state index is 0.0227. The number of hydrogen-bond acceptors (Lipinski definition) is 3. The first-order chi connectivity index (χ1) is 10.7. The molecule has 2 heterocycles. The van der Waals surface area contributed by atoms with Crippen LogP contribution >= 0.6 is 27.3 Å². The van der Waals surface area contributed by atoms with E-state index in [-0.39, 0.29) is 6.04 Å². The number of halogens is 1. The molecule has 116 valence electrons. The standard InChI is InChI=1S/C17H18BrNO2S/c18-13-8-6-12(7-9-13)16(15-5-3-11-22-15)19-10-2-1-4-14(19)17(20)21/h3,5-9,11,14,16H,1-2,4,10H2,(H,20,21). The lowest BCUT2D eigenvalue weighted by Crippen LogP contribution is -2.46. The average molecular weight is 380 g/mol. The number of nitrogens with zero attached hydrogens (tertiary/aromatic N) is 1. The van der Waals surface area contributed by atoms with E-state index >= 15 is 0 Å². The van der Waals surface area contributed by atoms with Crippen LogP contribution in [0.3, 0.4) is 0 Å². The maximum absolute atomic E-state index is 11.7. The Bertz CT molecular complexity index is 627. The van der Waals surface area contributed by atoms with Crippen LogP contribution in [-0.4, -0.2) is 28.6 Å². The molecule has 22 heavy (non-hydrogen) atoms. The summed E-state index contributed by atoms with van der Waals surface area (Å²) in [5.74, 6) is -0.710. The number of thiophene rings is 1. The summed E-state index contributed by atoms with van der Waals surface area (Å²) >= 11 is 5.16. The number of aliphatic carboxylic acids is 1. The number of carboxylic acids is 1. The van der Waals surface area contributed by atoms with Crippen LogP contribution in [0.25, 0.3) is 0 Å². The summed E-state index contributed by atoms with van der Waals surface area (Å²) in [6.07, 6.45) is 2.78. The molecule has 0 radical (unpaired) electrons. The third-order valence-corrected chi connectivity index (χ3v) is 5.61. The fourth-order valence-corrected chi connectivity index (χ4v) is 4.28. The van der Waals surface area contributed by atoms with E-state index in [0.29, 0.717) is 0 Å². The highest BCUT2D eigenvalue weighted by molar-refractivity contribution is 9.10. The van der Waals surface area contributed by atoms with Crippen LogP contribution in [0.15, 0.2) is 46.3 Å². The molecule has 0 saturated carbocycles. The molecule has 1 aliphatic heterocycles. The van der Waals surface area contributed by atoms with Gasteiger partial charge in [-0.25, -0.2) is 0 Å². The third kappa shape index (κ3) is 3.26. The second kappa shape index (κ2) is 6.94. The predicted molar refractivity (Wildman–Crippen MR) is 92.3 cm³/mol. The average Bonchev–Trinajstić information content (AvgIpc) is 3.04. The molecule has 1 N–H and O–H groups in total. The minimum atomic E-state index is -0.710. The van der Waals surface area contributed by atoms with Crippen LogP contribution in [0.4, 0.5) is 0 Å². The number of carbonyl (C=O) groups is 1. The van der Waals surface area contributed by atoms with E-state index in [1.54, 1.807) is 11.3 Å². The molecule has 1 saturated heterocycles. The van der Waals surface area contributed by atoms with Gasteiger partial charge in [-0.2, -0.15) is 0 Å². The Hall–Kier alpha value is -1.17. The summed E-state index contributed by atoms with van der Waals surface area (Å²) in [6.45, 7) is 0.829. The summed E-state index contributed by atoms with van der Waals surface area (Å²) < 4.78 is 1.04. The smallest absolute Gasteiger partial charge is 0.320 e. The fraction of sp³-hybridized carbons (Fsp3) is 0.353. The van der Waals surface area contributed by atoms with Crippen molar-refractivity contribution in [2.24, 2.45) is 0 Å². The van der Waals surface area contributed by atoms with E-state index < -0.39 is 12.0 Å². The van der Waals surface area contributed by atoms with E-state index in [1.165, 1.54) is 4.88 Å². The first kappa shape index (κ1) is 15.7. The third-order valence-electron chi connectivity index (χ3n) is 4.16. The highest BCUT2D eigenvalue weighted by Crippen LogP contribution is 2.36. The first-order valence-electron chi connectivity index (χ1n) is 7.44. The van der Waals surface area contributed by atoms with Gasteiger partial charge in [-0.05, 0) is 48.5 Å². The zero-order chi connectivity index (χ0) is 15.5. The molecule has 3 rings (SSSR count). The number of rotatable bonds is 4. The normalized spacial score (nSPS) is 20.7. The van der Waals surface area contributed by atoms with Crippen molar-refractivity contribution in [1.29, 1.82) is 0 Å². The molecule has 1 aliphatic rings. The Kier molecular flexibility index (Phi) is 4.96. The molecule has 5 heteroatoms. The van der Waals surface area contributed by atoms with Crippen LogP contribution in [0.2, 0.25) is 0 Å². The zero-order valence-electron chi connectivity index (χ0n) is 12.1. The lowest BCUT2D eigenvalue weighted by molar-refractivity contribution is -0.145. The van der Waals surface area contributed by atoms with Crippen LogP contribution in [-0.2, 0) is 4.79 Å². The molecule has 3 nitrogen and oxygen atoms in total. The second-order valence-corrected chi connectivity index (χ2v) is 7.45. The predicted octanol–water partition coefficient (Wildman–Crippen LogP) is 4.54. The maximum Gasteiger partial charge on any atom is 0.320 e. The van der Waals surface area contributed by atoms with Crippen LogP contribution in [0.1, 0.15) is 35.7 Å². The Morgan fingerprint density at radius 3 is 2.68 bits per heavy atom. The van der Waals surface area contributed by atoms with Gasteiger partial charge in [-0.3, -0.25) is 9.69 Å².